The molecule has 45 heavy (non-hydrogen) atoms. The van der Waals surface area contributed by atoms with Gasteiger partial charge in [-0.15, -0.1) is 13.2 Å². The van der Waals surface area contributed by atoms with Crippen LogP contribution >= 0.6 is 0 Å². The number of ether oxygens (including phenoxy) is 2. The van der Waals surface area contributed by atoms with Gasteiger partial charge >= 0.3 is 18.5 Å². The normalized spacial score (nSPS) is 21.2. The molecule has 0 spiro atoms. The highest BCUT2D eigenvalue weighted by atomic mass is 19.4. The summed E-state index contributed by atoms with van der Waals surface area (Å²) in [6, 6.07) is 4.62. The maximum atomic E-state index is 13.3. The predicted octanol–water partition coefficient (Wildman–Crippen LogP) is 3.10. The molecule has 248 valence electrons. The van der Waals surface area contributed by atoms with E-state index in [9.17, 15) is 35.9 Å². The third-order valence-electron chi connectivity index (χ3n) is 7.82. The molecule has 1 aliphatic carbocycles. The SMILES string of the molecule is CNc1nc(N2CCN(C)CC2)nc(N(C)C2CCC(OC(=O)C(F)(F)F)(C(=O)NCc3ccccc3OC(F)(F)F)CC2)n1. The van der Waals surface area contributed by atoms with Crippen molar-refractivity contribution >= 4 is 29.7 Å². The molecule has 0 bridgehead atoms. The average molecular weight is 649 g/mol. The van der Waals surface area contributed by atoms with Gasteiger partial charge in [0.15, 0.2) is 5.60 Å². The van der Waals surface area contributed by atoms with Crippen molar-refractivity contribution in [3.8, 4) is 5.75 Å². The number of hydrogen-bond acceptors (Lipinski definition) is 11. The van der Waals surface area contributed by atoms with Gasteiger partial charge in [-0.2, -0.15) is 28.1 Å². The van der Waals surface area contributed by atoms with Crippen LogP contribution in [0.1, 0.15) is 31.2 Å². The molecule has 2 fully saturated rings. The number of anilines is 3. The highest BCUT2D eigenvalue weighted by Gasteiger charge is 2.52. The van der Waals surface area contributed by atoms with Crippen LogP contribution in [0.15, 0.2) is 24.3 Å². The Balaban J connectivity index is 1.51. The summed E-state index contributed by atoms with van der Waals surface area (Å²) in [5.41, 5.74) is -2.30. The van der Waals surface area contributed by atoms with E-state index in [2.05, 4.69) is 35.2 Å². The quantitative estimate of drug-likeness (QED) is 0.308. The van der Waals surface area contributed by atoms with E-state index in [0.29, 0.717) is 30.9 Å². The molecule has 0 unspecified atom stereocenters. The lowest BCUT2D eigenvalue weighted by atomic mass is 9.80. The molecule has 2 aromatic rings. The summed E-state index contributed by atoms with van der Waals surface area (Å²) in [7, 11) is 5.38. The summed E-state index contributed by atoms with van der Waals surface area (Å²) in [6.45, 7) is 2.51. The largest absolute Gasteiger partial charge is 0.573 e. The zero-order valence-electron chi connectivity index (χ0n) is 24.8. The molecule has 1 aromatic carbocycles. The van der Waals surface area contributed by atoms with E-state index in [0.717, 1.165) is 19.2 Å². The number of aromatic nitrogens is 3. The smallest absolute Gasteiger partial charge is 0.442 e. The van der Waals surface area contributed by atoms with E-state index < -0.39 is 42.3 Å². The zero-order valence-corrected chi connectivity index (χ0v) is 24.8. The maximum absolute atomic E-state index is 13.3. The fourth-order valence-electron chi connectivity index (χ4n) is 5.21. The highest BCUT2D eigenvalue weighted by Crippen LogP contribution is 2.37. The third-order valence-corrected chi connectivity index (χ3v) is 7.82. The first-order valence-corrected chi connectivity index (χ1v) is 14.1. The number of likely N-dealkylation sites (N-methyl/N-ethyl adjacent to an activating group) is 1. The van der Waals surface area contributed by atoms with Gasteiger partial charge in [-0.05, 0) is 38.8 Å². The number of nitrogens with zero attached hydrogens (tertiary/aromatic N) is 6. The predicted molar refractivity (Wildman–Crippen MR) is 150 cm³/mol. The minimum Gasteiger partial charge on any atom is -0.442 e. The number of amides is 1. The summed E-state index contributed by atoms with van der Waals surface area (Å²) in [6.07, 6.45) is -10.8. The summed E-state index contributed by atoms with van der Waals surface area (Å²) in [5.74, 6) is -3.12. The minimum absolute atomic E-state index is 0.0831. The van der Waals surface area contributed by atoms with Crippen molar-refractivity contribution in [2.45, 2.75) is 56.4 Å². The Labute approximate surface area is 255 Å². The lowest BCUT2D eigenvalue weighted by Gasteiger charge is -2.41. The molecular formula is C27H34F6N8O4. The Morgan fingerprint density at radius 2 is 1.67 bits per heavy atom. The van der Waals surface area contributed by atoms with E-state index in [-0.39, 0.29) is 37.3 Å². The first-order valence-electron chi connectivity index (χ1n) is 14.1. The maximum Gasteiger partial charge on any atom is 0.573 e. The molecule has 0 radical (unpaired) electrons. The summed E-state index contributed by atoms with van der Waals surface area (Å²) in [5, 5.41) is 5.24. The molecular weight excluding hydrogens is 614 g/mol. The van der Waals surface area contributed by atoms with Crippen molar-refractivity contribution in [2.75, 3.05) is 62.4 Å². The second-order valence-corrected chi connectivity index (χ2v) is 10.9. The van der Waals surface area contributed by atoms with Crippen LogP contribution in [0.2, 0.25) is 0 Å². The Kier molecular flexibility index (Phi) is 10.1. The summed E-state index contributed by atoms with van der Waals surface area (Å²) in [4.78, 5) is 44.7. The minimum atomic E-state index is -5.37. The van der Waals surface area contributed by atoms with E-state index in [1.54, 1.807) is 19.0 Å². The number of alkyl halides is 6. The van der Waals surface area contributed by atoms with Crippen molar-refractivity contribution in [3.05, 3.63) is 29.8 Å². The first kappa shape index (κ1) is 33.8. The van der Waals surface area contributed by atoms with Gasteiger partial charge in [0.2, 0.25) is 17.8 Å². The molecule has 1 aromatic heterocycles. The average Bonchev–Trinajstić information content (AvgIpc) is 2.99. The van der Waals surface area contributed by atoms with Gasteiger partial charge < -0.3 is 34.8 Å². The second-order valence-electron chi connectivity index (χ2n) is 10.9. The number of piperazine rings is 1. The molecule has 18 heteroatoms. The Morgan fingerprint density at radius 1 is 1.02 bits per heavy atom. The molecule has 2 N–H and O–H groups in total. The van der Waals surface area contributed by atoms with Gasteiger partial charge in [0.25, 0.3) is 5.91 Å². The number of rotatable bonds is 9. The number of carbonyl (C=O) groups excluding carboxylic acids is 2. The van der Waals surface area contributed by atoms with E-state index in [1.807, 2.05) is 11.9 Å². The van der Waals surface area contributed by atoms with Gasteiger partial charge in [-0.1, -0.05) is 18.2 Å². The van der Waals surface area contributed by atoms with Crippen LogP contribution < -0.4 is 25.2 Å². The highest BCUT2D eigenvalue weighted by molar-refractivity contribution is 5.89. The van der Waals surface area contributed by atoms with Crippen molar-refractivity contribution in [3.63, 3.8) is 0 Å². The molecule has 1 saturated carbocycles. The Bertz CT molecular complexity index is 1350. The van der Waals surface area contributed by atoms with Crippen molar-refractivity contribution in [1.29, 1.82) is 0 Å². The van der Waals surface area contributed by atoms with Crippen LogP contribution in [-0.4, -0.2) is 103 Å². The van der Waals surface area contributed by atoms with Gasteiger partial charge in [0.1, 0.15) is 5.75 Å². The third kappa shape index (κ3) is 8.55. The lowest BCUT2D eigenvalue weighted by Crippen LogP contribution is -2.55. The van der Waals surface area contributed by atoms with E-state index in [4.69, 9.17) is 4.74 Å². The van der Waals surface area contributed by atoms with Crippen molar-refractivity contribution < 1.29 is 45.4 Å². The van der Waals surface area contributed by atoms with Gasteiger partial charge in [-0.3, -0.25) is 4.79 Å². The molecule has 2 aliphatic rings. The number of hydrogen-bond donors (Lipinski definition) is 2. The van der Waals surface area contributed by atoms with Crippen LogP contribution in [0, 0.1) is 0 Å². The Hall–Kier alpha value is -4.09. The van der Waals surface area contributed by atoms with Crippen LogP contribution in [0.5, 0.6) is 5.75 Å². The number of halogens is 6. The number of benzene rings is 1. The summed E-state index contributed by atoms with van der Waals surface area (Å²) < 4.78 is 87.0. The number of nitrogens with one attached hydrogen (secondary N) is 2. The number of carbonyl (C=O) groups is 2. The Morgan fingerprint density at radius 3 is 2.27 bits per heavy atom. The van der Waals surface area contributed by atoms with Gasteiger partial charge in [-0.25, -0.2) is 4.79 Å². The fourth-order valence-corrected chi connectivity index (χ4v) is 5.21. The monoisotopic (exact) mass is 648 g/mol. The molecule has 1 aliphatic heterocycles. The molecule has 12 nitrogen and oxygen atoms in total. The lowest BCUT2D eigenvalue weighted by molar-refractivity contribution is -0.274. The van der Waals surface area contributed by atoms with E-state index >= 15 is 0 Å². The van der Waals surface area contributed by atoms with Crippen LogP contribution in [0.3, 0.4) is 0 Å². The molecule has 0 atom stereocenters. The van der Waals surface area contributed by atoms with Crippen molar-refractivity contribution in [1.82, 2.24) is 25.2 Å². The fraction of sp³-hybridized carbons (Fsp3) is 0.593. The topological polar surface area (TPSA) is 125 Å². The second kappa shape index (κ2) is 13.5. The van der Waals surface area contributed by atoms with Gasteiger partial charge in [0.05, 0.1) is 0 Å². The molecule has 4 rings (SSSR count). The molecule has 1 amide bonds. The van der Waals surface area contributed by atoms with E-state index in [1.165, 1.54) is 18.2 Å². The molecule has 1 saturated heterocycles. The standard InChI is InChI=1S/C27H34F6N8O4/c1-34-22-36-23(38-24(37-22)41-14-12-39(2)13-15-41)40(3)18-8-10-25(11-9-18,45-21(43)26(28,29)30)20(42)35-16-17-6-4-5-7-19(17)44-27(31,32)33/h4-7,18H,8-16H2,1-3H3,(H,35,42)(H,34,36,37,38). The number of esters is 1. The van der Waals surface area contributed by atoms with Crippen molar-refractivity contribution in [2.24, 2.45) is 0 Å². The summed E-state index contributed by atoms with van der Waals surface area (Å²) >= 11 is 0. The first-order chi connectivity index (χ1) is 21.1. The van der Waals surface area contributed by atoms with Crippen LogP contribution in [0.4, 0.5) is 44.2 Å². The van der Waals surface area contributed by atoms with Crippen LogP contribution in [-0.2, 0) is 20.9 Å². The van der Waals surface area contributed by atoms with Crippen LogP contribution in [0.25, 0.3) is 0 Å². The number of para-hydroxylation sites is 1. The zero-order chi connectivity index (χ0) is 33.0. The van der Waals surface area contributed by atoms with Gasteiger partial charge in [0, 0.05) is 58.4 Å². The molecule has 2 heterocycles.